The minimum atomic E-state index is -0.535. The molecule has 0 fully saturated rings. The highest BCUT2D eigenvalue weighted by atomic mass is 16.5. The average Bonchev–Trinajstić information content (AvgIpc) is 3.20. The molecule has 1 heterocycles. The molecule has 1 aromatic heterocycles. The van der Waals surface area contributed by atoms with Crippen molar-refractivity contribution in [2.45, 2.75) is 32.9 Å². The van der Waals surface area contributed by atoms with Crippen molar-refractivity contribution < 1.29 is 19.1 Å². The van der Waals surface area contributed by atoms with Crippen LogP contribution >= 0.6 is 0 Å². The lowest BCUT2D eigenvalue weighted by Crippen LogP contribution is -2.32. The Morgan fingerprint density at radius 2 is 1.61 bits per heavy atom. The number of ether oxygens (including phenoxy) is 1. The van der Waals surface area contributed by atoms with Gasteiger partial charge in [-0.2, -0.15) is 5.10 Å². The maximum Gasteiger partial charge on any atom is 0.325 e. The molecule has 0 aliphatic carbocycles. The van der Waals surface area contributed by atoms with Crippen LogP contribution in [0.1, 0.15) is 46.6 Å². The third-order valence-corrected chi connectivity index (χ3v) is 6.19. The van der Waals surface area contributed by atoms with E-state index in [0.29, 0.717) is 12.2 Å². The standard InChI is InChI=1S/C30H30N4O4/c1-3-38-29(36)20-34-21(2)25(24-16-10-11-17-27(24)34)19-31-33-28(35)18-26(22-12-6-4-7-13-22)32-30(37)23-14-8-5-9-15-23/h4-17,19,26H,3,18,20H2,1-2H3,(H,32,37)(H,33,35)/b31-19-/t26-/m1/s1. The van der Waals surface area contributed by atoms with Crippen molar-refractivity contribution in [2.24, 2.45) is 5.10 Å². The van der Waals surface area contributed by atoms with E-state index in [4.69, 9.17) is 4.74 Å². The van der Waals surface area contributed by atoms with Crippen molar-refractivity contribution >= 4 is 34.9 Å². The van der Waals surface area contributed by atoms with Crippen LogP contribution < -0.4 is 10.7 Å². The predicted octanol–water partition coefficient (Wildman–Crippen LogP) is 4.52. The number of aromatic nitrogens is 1. The molecule has 1 atom stereocenters. The van der Waals surface area contributed by atoms with E-state index < -0.39 is 6.04 Å². The Hall–Kier alpha value is -4.72. The smallest absolute Gasteiger partial charge is 0.325 e. The van der Waals surface area contributed by atoms with Crippen LogP contribution in [0.4, 0.5) is 0 Å². The molecule has 2 amide bonds. The molecular weight excluding hydrogens is 480 g/mol. The molecule has 0 spiro atoms. The number of rotatable bonds is 10. The first-order valence-corrected chi connectivity index (χ1v) is 12.4. The van der Waals surface area contributed by atoms with Crippen LogP contribution in [0.3, 0.4) is 0 Å². The Bertz CT molecular complexity index is 1450. The van der Waals surface area contributed by atoms with Gasteiger partial charge in [0.2, 0.25) is 5.91 Å². The molecule has 3 aromatic carbocycles. The number of para-hydroxylation sites is 1. The largest absolute Gasteiger partial charge is 0.465 e. The highest BCUT2D eigenvalue weighted by molar-refractivity contribution is 6.02. The second-order valence-electron chi connectivity index (χ2n) is 8.71. The maximum absolute atomic E-state index is 12.9. The monoisotopic (exact) mass is 510 g/mol. The number of carbonyl (C=O) groups is 3. The molecule has 38 heavy (non-hydrogen) atoms. The molecule has 8 heteroatoms. The Morgan fingerprint density at radius 3 is 2.32 bits per heavy atom. The lowest BCUT2D eigenvalue weighted by atomic mass is 10.0. The highest BCUT2D eigenvalue weighted by Crippen LogP contribution is 2.24. The Kier molecular flexibility index (Phi) is 8.66. The Morgan fingerprint density at radius 1 is 0.947 bits per heavy atom. The molecule has 0 unspecified atom stereocenters. The van der Waals surface area contributed by atoms with Crippen LogP contribution in [0.5, 0.6) is 0 Å². The first-order valence-electron chi connectivity index (χ1n) is 12.4. The zero-order chi connectivity index (χ0) is 26.9. The summed E-state index contributed by atoms with van der Waals surface area (Å²) in [7, 11) is 0. The quantitative estimate of drug-likeness (QED) is 0.186. The number of hydrazone groups is 1. The summed E-state index contributed by atoms with van der Waals surface area (Å²) in [4.78, 5) is 37.8. The van der Waals surface area contributed by atoms with Gasteiger partial charge in [-0.25, -0.2) is 5.43 Å². The number of amides is 2. The van der Waals surface area contributed by atoms with Gasteiger partial charge in [0.15, 0.2) is 0 Å². The van der Waals surface area contributed by atoms with Crippen molar-refractivity contribution in [1.82, 2.24) is 15.3 Å². The topological polar surface area (TPSA) is 102 Å². The van der Waals surface area contributed by atoms with E-state index in [2.05, 4.69) is 15.8 Å². The lowest BCUT2D eigenvalue weighted by Gasteiger charge is -2.18. The van der Waals surface area contributed by atoms with Crippen molar-refractivity contribution in [3.05, 3.63) is 107 Å². The maximum atomic E-state index is 12.9. The summed E-state index contributed by atoms with van der Waals surface area (Å²) in [5.41, 5.74) is 6.41. The summed E-state index contributed by atoms with van der Waals surface area (Å²) >= 11 is 0. The van der Waals surface area contributed by atoms with Gasteiger partial charge in [0.1, 0.15) is 6.54 Å². The second kappa shape index (κ2) is 12.5. The summed E-state index contributed by atoms with van der Waals surface area (Å²) in [6, 6.07) is 25.4. The van der Waals surface area contributed by atoms with Crippen LogP contribution in [-0.4, -0.2) is 35.2 Å². The number of nitrogens with one attached hydrogen (secondary N) is 2. The van der Waals surface area contributed by atoms with Crippen LogP contribution in [0.2, 0.25) is 0 Å². The zero-order valence-corrected chi connectivity index (χ0v) is 21.4. The molecule has 8 nitrogen and oxygen atoms in total. The van der Waals surface area contributed by atoms with Gasteiger partial charge in [-0.15, -0.1) is 0 Å². The van der Waals surface area contributed by atoms with E-state index in [0.717, 1.165) is 27.7 Å². The molecule has 0 saturated carbocycles. The van der Waals surface area contributed by atoms with Gasteiger partial charge in [-0.05, 0) is 37.6 Å². The Balaban J connectivity index is 1.49. The van der Waals surface area contributed by atoms with E-state index in [-0.39, 0.29) is 30.7 Å². The van der Waals surface area contributed by atoms with Gasteiger partial charge in [-0.3, -0.25) is 14.4 Å². The van der Waals surface area contributed by atoms with Gasteiger partial charge in [0.05, 0.1) is 25.3 Å². The van der Waals surface area contributed by atoms with Crippen LogP contribution in [0.25, 0.3) is 10.9 Å². The fourth-order valence-corrected chi connectivity index (χ4v) is 4.33. The normalized spacial score (nSPS) is 11.8. The molecule has 0 bridgehead atoms. The molecule has 4 aromatic rings. The summed E-state index contributed by atoms with van der Waals surface area (Å²) in [6.07, 6.45) is 1.58. The second-order valence-corrected chi connectivity index (χ2v) is 8.71. The highest BCUT2D eigenvalue weighted by Gasteiger charge is 2.19. The minimum Gasteiger partial charge on any atom is -0.465 e. The number of hydrogen-bond donors (Lipinski definition) is 2. The predicted molar refractivity (Wildman–Crippen MR) is 147 cm³/mol. The molecule has 0 radical (unpaired) electrons. The summed E-state index contributed by atoms with van der Waals surface area (Å²) in [5, 5.41) is 8.06. The van der Waals surface area contributed by atoms with Crippen molar-refractivity contribution in [3.8, 4) is 0 Å². The zero-order valence-electron chi connectivity index (χ0n) is 21.4. The van der Waals surface area contributed by atoms with Crippen LogP contribution in [-0.2, 0) is 20.9 Å². The number of carbonyl (C=O) groups excluding carboxylic acids is 3. The number of hydrogen-bond acceptors (Lipinski definition) is 5. The number of nitrogens with zero attached hydrogens (tertiary/aromatic N) is 2. The summed E-state index contributed by atoms with van der Waals surface area (Å²) in [6.45, 7) is 4.06. The van der Waals surface area contributed by atoms with Gasteiger partial charge in [-0.1, -0.05) is 66.7 Å². The number of benzene rings is 3. The van der Waals surface area contributed by atoms with E-state index in [1.165, 1.54) is 0 Å². The molecule has 194 valence electrons. The molecular formula is C30H30N4O4. The van der Waals surface area contributed by atoms with Gasteiger partial charge in [0, 0.05) is 27.7 Å². The first kappa shape index (κ1) is 26.3. The SMILES string of the molecule is CCOC(=O)Cn1c(C)c(/C=N\NC(=O)C[C@@H](NC(=O)c2ccccc2)c2ccccc2)c2ccccc21. The van der Waals surface area contributed by atoms with Gasteiger partial charge < -0.3 is 14.6 Å². The van der Waals surface area contributed by atoms with Gasteiger partial charge >= 0.3 is 5.97 Å². The van der Waals surface area contributed by atoms with E-state index in [1.54, 1.807) is 37.4 Å². The van der Waals surface area contributed by atoms with Crippen molar-refractivity contribution in [1.29, 1.82) is 0 Å². The Labute approximate surface area is 221 Å². The summed E-state index contributed by atoms with van der Waals surface area (Å²) < 4.78 is 7.00. The van der Waals surface area contributed by atoms with Crippen LogP contribution in [0.15, 0.2) is 90.0 Å². The molecule has 4 rings (SSSR count). The third kappa shape index (κ3) is 6.34. The number of fused-ring (bicyclic) bond motifs is 1. The fraction of sp³-hybridized carbons (Fsp3) is 0.200. The van der Waals surface area contributed by atoms with Crippen LogP contribution in [0, 0.1) is 6.92 Å². The van der Waals surface area contributed by atoms with E-state index in [1.807, 2.05) is 72.2 Å². The molecule has 2 N–H and O–H groups in total. The fourth-order valence-electron chi connectivity index (χ4n) is 4.33. The van der Waals surface area contributed by atoms with E-state index in [9.17, 15) is 14.4 Å². The summed E-state index contributed by atoms with van der Waals surface area (Å²) in [5.74, 6) is -0.935. The van der Waals surface area contributed by atoms with Gasteiger partial charge in [0.25, 0.3) is 5.91 Å². The first-order chi connectivity index (χ1) is 18.5. The molecule has 0 aliphatic rings. The third-order valence-electron chi connectivity index (χ3n) is 6.19. The van der Waals surface area contributed by atoms with E-state index >= 15 is 0 Å². The average molecular weight is 511 g/mol. The van der Waals surface area contributed by atoms with Crippen molar-refractivity contribution in [2.75, 3.05) is 6.61 Å². The molecule has 0 saturated heterocycles. The minimum absolute atomic E-state index is 0.00350. The number of esters is 1. The van der Waals surface area contributed by atoms with Crippen molar-refractivity contribution in [3.63, 3.8) is 0 Å². The lowest BCUT2D eigenvalue weighted by molar-refractivity contribution is -0.143. The molecule has 0 aliphatic heterocycles.